The van der Waals surface area contributed by atoms with Crippen molar-refractivity contribution in [2.45, 2.75) is 18.7 Å². The largest absolute Gasteiger partial charge is 0.495 e. The molecular weight excluding hydrogens is 302 g/mol. The lowest BCUT2D eigenvalue weighted by Gasteiger charge is -2.12. The molecule has 0 spiro atoms. The molecule has 0 amide bonds. The van der Waals surface area contributed by atoms with Crippen LogP contribution >= 0.6 is 0 Å². The van der Waals surface area contributed by atoms with Crippen LogP contribution < -0.4 is 9.46 Å². The van der Waals surface area contributed by atoms with Gasteiger partial charge in [-0.1, -0.05) is 18.2 Å². The van der Waals surface area contributed by atoms with Crippen LogP contribution in [0.15, 0.2) is 47.4 Å². The fourth-order valence-corrected chi connectivity index (χ4v) is 3.08. The Hall–Kier alpha value is -2.34. The Bertz CT molecular complexity index is 813. The summed E-state index contributed by atoms with van der Waals surface area (Å²) in [5, 5.41) is 0. The van der Waals surface area contributed by atoms with Crippen LogP contribution in [0.1, 0.15) is 22.8 Å². The smallest absolute Gasteiger partial charge is 0.262 e. The van der Waals surface area contributed by atoms with E-state index in [4.69, 9.17) is 4.74 Å². The van der Waals surface area contributed by atoms with Crippen LogP contribution in [-0.4, -0.2) is 21.3 Å². The lowest BCUT2D eigenvalue weighted by Crippen LogP contribution is -2.14. The van der Waals surface area contributed by atoms with Gasteiger partial charge < -0.3 is 4.74 Å². The van der Waals surface area contributed by atoms with Crippen molar-refractivity contribution in [1.29, 1.82) is 0 Å². The molecular formula is C16H17NO4S. The molecule has 0 radical (unpaired) electrons. The Balaban J connectivity index is 2.40. The van der Waals surface area contributed by atoms with Gasteiger partial charge in [0.1, 0.15) is 5.75 Å². The maximum Gasteiger partial charge on any atom is 0.262 e. The van der Waals surface area contributed by atoms with E-state index < -0.39 is 10.0 Å². The third kappa shape index (κ3) is 3.46. The standard InChI is InChI=1S/C16H17NO4S/c1-11-7-8-15(16(9-11)21-3)17-22(19,20)14-6-4-5-13(10-14)12(2)18/h4-10,17H,1-3H3. The van der Waals surface area contributed by atoms with Crippen molar-refractivity contribution >= 4 is 21.5 Å². The molecule has 22 heavy (non-hydrogen) atoms. The Morgan fingerprint density at radius 3 is 2.50 bits per heavy atom. The van der Waals surface area contributed by atoms with Gasteiger partial charge in [-0.15, -0.1) is 0 Å². The Morgan fingerprint density at radius 1 is 1.14 bits per heavy atom. The number of methoxy groups -OCH3 is 1. The van der Waals surface area contributed by atoms with Crippen LogP contribution in [-0.2, 0) is 10.0 Å². The highest BCUT2D eigenvalue weighted by Gasteiger charge is 2.17. The molecule has 0 atom stereocenters. The van der Waals surface area contributed by atoms with E-state index in [1.807, 2.05) is 6.92 Å². The SMILES string of the molecule is COc1cc(C)ccc1NS(=O)(=O)c1cccc(C(C)=O)c1. The van der Waals surface area contributed by atoms with Gasteiger partial charge in [-0.2, -0.15) is 0 Å². The number of aryl methyl sites for hydroxylation is 1. The number of hydrogen-bond acceptors (Lipinski definition) is 4. The summed E-state index contributed by atoms with van der Waals surface area (Å²) in [5.74, 6) is 0.247. The van der Waals surface area contributed by atoms with Crippen molar-refractivity contribution < 1.29 is 17.9 Å². The van der Waals surface area contributed by atoms with Crippen LogP contribution in [0.25, 0.3) is 0 Å². The molecule has 0 saturated heterocycles. The van der Waals surface area contributed by atoms with Gasteiger partial charge in [-0.05, 0) is 43.7 Å². The number of nitrogens with one attached hydrogen (secondary N) is 1. The average Bonchev–Trinajstić information content (AvgIpc) is 2.49. The molecule has 2 rings (SSSR count). The summed E-state index contributed by atoms with van der Waals surface area (Å²) in [5.41, 5.74) is 1.65. The number of Topliss-reactive ketones (excluding diaryl/α,β-unsaturated/α-hetero) is 1. The summed E-state index contributed by atoms with van der Waals surface area (Å²) >= 11 is 0. The summed E-state index contributed by atoms with van der Waals surface area (Å²) in [6.07, 6.45) is 0. The van der Waals surface area contributed by atoms with Gasteiger partial charge in [0.05, 0.1) is 17.7 Å². The summed E-state index contributed by atoms with van der Waals surface area (Å²) in [4.78, 5) is 11.4. The van der Waals surface area contributed by atoms with E-state index in [1.54, 1.807) is 24.3 Å². The first-order valence-electron chi connectivity index (χ1n) is 6.62. The Morgan fingerprint density at radius 2 is 1.86 bits per heavy atom. The van der Waals surface area contributed by atoms with Crippen molar-refractivity contribution in [3.05, 3.63) is 53.6 Å². The molecule has 5 nitrogen and oxygen atoms in total. The second kappa shape index (κ2) is 6.19. The van der Waals surface area contributed by atoms with Gasteiger partial charge in [0.2, 0.25) is 0 Å². The molecule has 0 heterocycles. The monoisotopic (exact) mass is 319 g/mol. The van der Waals surface area contributed by atoms with E-state index in [-0.39, 0.29) is 10.7 Å². The molecule has 0 aliphatic rings. The van der Waals surface area contributed by atoms with Crippen molar-refractivity contribution in [3.8, 4) is 5.75 Å². The number of anilines is 1. The molecule has 116 valence electrons. The summed E-state index contributed by atoms with van der Waals surface area (Å²) in [6, 6.07) is 11.1. The molecule has 2 aromatic rings. The minimum Gasteiger partial charge on any atom is -0.495 e. The van der Waals surface area contributed by atoms with Gasteiger partial charge in [0.25, 0.3) is 10.0 Å². The second-order valence-electron chi connectivity index (χ2n) is 4.89. The first-order valence-corrected chi connectivity index (χ1v) is 8.10. The molecule has 0 bridgehead atoms. The number of ether oxygens (including phenoxy) is 1. The van der Waals surface area contributed by atoms with E-state index in [9.17, 15) is 13.2 Å². The number of sulfonamides is 1. The van der Waals surface area contributed by atoms with E-state index in [0.717, 1.165) is 5.56 Å². The summed E-state index contributed by atoms with van der Waals surface area (Å²) in [7, 11) is -2.32. The highest BCUT2D eigenvalue weighted by molar-refractivity contribution is 7.92. The first-order chi connectivity index (χ1) is 10.3. The first kappa shape index (κ1) is 16.0. The number of rotatable bonds is 5. The van der Waals surface area contributed by atoms with E-state index >= 15 is 0 Å². The summed E-state index contributed by atoms with van der Waals surface area (Å²) < 4.78 is 32.6. The normalized spacial score (nSPS) is 11.0. The van der Waals surface area contributed by atoms with Crippen LogP contribution in [0, 0.1) is 6.92 Å². The van der Waals surface area contributed by atoms with Crippen LogP contribution in [0.3, 0.4) is 0 Å². The minimum absolute atomic E-state index is 0.0304. The zero-order valence-electron chi connectivity index (χ0n) is 12.6. The van der Waals surface area contributed by atoms with Crippen molar-refractivity contribution in [1.82, 2.24) is 0 Å². The van der Waals surface area contributed by atoms with E-state index in [0.29, 0.717) is 17.0 Å². The van der Waals surface area contributed by atoms with Gasteiger partial charge in [-0.3, -0.25) is 9.52 Å². The Labute approximate surface area is 130 Å². The number of benzene rings is 2. The zero-order valence-corrected chi connectivity index (χ0v) is 13.4. The van der Waals surface area contributed by atoms with E-state index in [1.165, 1.54) is 32.2 Å². The third-order valence-corrected chi connectivity index (χ3v) is 4.52. The minimum atomic E-state index is -3.80. The van der Waals surface area contributed by atoms with Crippen molar-refractivity contribution in [2.24, 2.45) is 0 Å². The molecule has 0 fully saturated rings. The third-order valence-electron chi connectivity index (χ3n) is 3.15. The second-order valence-corrected chi connectivity index (χ2v) is 6.58. The topological polar surface area (TPSA) is 72.5 Å². The Kier molecular flexibility index (Phi) is 4.51. The predicted molar refractivity (Wildman–Crippen MR) is 85.0 cm³/mol. The molecule has 0 unspecified atom stereocenters. The van der Waals surface area contributed by atoms with Gasteiger partial charge in [0.15, 0.2) is 5.78 Å². The maximum absolute atomic E-state index is 12.5. The molecule has 6 heteroatoms. The van der Waals surface area contributed by atoms with Crippen LogP contribution in [0.5, 0.6) is 5.75 Å². The van der Waals surface area contributed by atoms with Crippen molar-refractivity contribution in [2.75, 3.05) is 11.8 Å². The number of carbonyl (C=O) groups excluding carboxylic acids is 1. The lowest BCUT2D eigenvalue weighted by atomic mass is 10.2. The van der Waals surface area contributed by atoms with Gasteiger partial charge >= 0.3 is 0 Å². The highest BCUT2D eigenvalue weighted by atomic mass is 32.2. The average molecular weight is 319 g/mol. The number of hydrogen-bond donors (Lipinski definition) is 1. The number of ketones is 1. The van der Waals surface area contributed by atoms with Crippen LogP contribution in [0.2, 0.25) is 0 Å². The van der Waals surface area contributed by atoms with Crippen LogP contribution in [0.4, 0.5) is 5.69 Å². The van der Waals surface area contributed by atoms with Gasteiger partial charge in [-0.25, -0.2) is 8.42 Å². The fraction of sp³-hybridized carbons (Fsp3) is 0.188. The van der Waals surface area contributed by atoms with Gasteiger partial charge in [0, 0.05) is 5.56 Å². The molecule has 0 aliphatic heterocycles. The zero-order chi connectivity index (χ0) is 16.3. The van der Waals surface area contributed by atoms with E-state index in [2.05, 4.69) is 4.72 Å². The summed E-state index contributed by atoms with van der Waals surface area (Å²) in [6.45, 7) is 3.28. The molecule has 2 aromatic carbocycles. The number of carbonyl (C=O) groups is 1. The maximum atomic E-state index is 12.5. The predicted octanol–water partition coefficient (Wildman–Crippen LogP) is 3.01. The molecule has 0 aliphatic carbocycles. The molecule has 1 N–H and O–H groups in total. The fourth-order valence-electron chi connectivity index (χ4n) is 1.97. The quantitative estimate of drug-likeness (QED) is 0.860. The highest BCUT2D eigenvalue weighted by Crippen LogP contribution is 2.28. The van der Waals surface area contributed by atoms with Crippen molar-refractivity contribution in [3.63, 3.8) is 0 Å². The molecule has 0 aromatic heterocycles. The lowest BCUT2D eigenvalue weighted by molar-refractivity contribution is 0.101. The molecule has 0 saturated carbocycles.